The van der Waals surface area contributed by atoms with E-state index >= 15 is 0 Å². The first-order valence-corrected chi connectivity index (χ1v) is 7.23. The Balaban J connectivity index is 1.92. The molecule has 2 aliphatic carbocycles. The van der Waals surface area contributed by atoms with Crippen molar-refractivity contribution in [2.45, 2.75) is 64.3 Å². The first kappa shape index (κ1) is 12.9. The van der Waals surface area contributed by atoms with Crippen molar-refractivity contribution in [2.75, 3.05) is 6.54 Å². The summed E-state index contributed by atoms with van der Waals surface area (Å²) in [6, 6.07) is 0.408. The van der Waals surface area contributed by atoms with Crippen molar-refractivity contribution in [1.29, 1.82) is 0 Å². The molecule has 2 saturated carbocycles. The van der Waals surface area contributed by atoms with Gasteiger partial charge in [-0.05, 0) is 31.6 Å². The van der Waals surface area contributed by atoms with Gasteiger partial charge in [0.05, 0.1) is 5.41 Å². The average Bonchev–Trinajstić information content (AvgIpc) is 2.29. The molecule has 2 aliphatic rings. The predicted molar refractivity (Wildman–Crippen MR) is 69.5 cm³/mol. The van der Waals surface area contributed by atoms with Gasteiger partial charge in [-0.15, -0.1) is 0 Å². The summed E-state index contributed by atoms with van der Waals surface area (Å²) >= 11 is 0. The number of nitrogens with one attached hydrogen (secondary N) is 1. The lowest BCUT2D eigenvalue weighted by Gasteiger charge is -2.42. The summed E-state index contributed by atoms with van der Waals surface area (Å²) in [5, 5.41) is 3.29. The largest absolute Gasteiger partial charge is 0.353 e. The maximum absolute atomic E-state index is 12.3. The summed E-state index contributed by atoms with van der Waals surface area (Å²) in [5.41, 5.74) is 5.57. The minimum atomic E-state index is -0.213. The molecule has 0 bridgehead atoms. The molecule has 0 aromatic carbocycles. The molecule has 3 nitrogen and oxygen atoms in total. The Bertz CT molecular complexity index is 268. The molecule has 3 heteroatoms. The van der Waals surface area contributed by atoms with Crippen LogP contribution in [0.25, 0.3) is 0 Å². The monoisotopic (exact) mass is 238 g/mol. The lowest BCUT2D eigenvalue weighted by atomic mass is 9.67. The number of rotatable bonds is 4. The van der Waals surface area contributed by atoms with Gasteiger partial charge < -0.3 is 11.1 Å². The van der Waals surface area contributed by atoms with Gasteiger partial charge in [0.15, 0.2) is 0 Å². The summed E-state index contributed by atoms with van der Waals surface area (Å²) in [6.07, 6.45) is 9.33. The van der Waals surface area contributed by atoms with Crippen LogP contribution >= 0.6 is 0 Å². The summed E-state index contributed by atoms with van der Waals surface area (Å²) in [7, 11) is 0. The molecule has 2 unspecified atom stereocenters. The van der Waals surface area contributed by atoms with Crippen molar-refractivity contribution in [3.63, 3.8) is 0 Å². The van der Waals surface area contributed by atoms with Crippen molar-refractivity contribution < 1.29 is 4.79 Å². The van der Waals surface area contributed by atoms with Gasteiger partial charge in [-0.2, -0.15) is 0 Å². The number of carbonyl (C=O) groups excluding carboxylic acids is 1. The number of nitrogens with two attached hydrogens (primary N) is 1. The van der Waals surface area contributed by atoms with E-state index in [9.17, 15) is 4.79 Å². The molecule has 2 atom stereocenters. The van der Waals surface area contributed by atoms with Gasteiger partial charge in [-0.3, -0.25) is 4.79 Å². The maximum atomic E-state index is 12.3. The highest BCUT2D eigenvalue weighted by molar-refractivity contribution is 5.84. The standard InChI is InChI=1S/C14H26N2O/c1-2-11-6-3-4-7-12(11)16-13(17)14(10-15)8-5-9-14/h11-12H,2-10,15H2,1H3,(H,16,17). The summed E-state index contributed by atoms with van der Waals surface area (Å²) in [5.74, 6) is 0.916. The first-order valence-electron chi connectivity index (χ1n) is 7.23. The van der Waals surface area contributed by atoms with Crippen molar-refractivity contribution in [3.8, 4) is 0 Å². The fraction of sp³-hybridized carbons (Fsp3) is 0.929. The van der Waals surface area contributed by atoms with E-state index in [1.165, 1.54) is 25.7 Å². The zero-order valence-electron chi connectivity index (χ0n) is 11.0. The zero-order chi connectivity index (χ0) is 12.3. The van der Waals surface area contributed by atoms with Crippen LogP contribution in [0.5, 0.6) is 0 Å². The van der Waals surface area contributed by atoms with Gasteiger partial charge in [0.1, 0.15) is 0 Å². The Morgan fingerprint density at radius 3 is 2.53 bits per heavy atom. The van der Waals surface area contributed by atoms with E-state index in [1.54, 1.807) is 0 Å². The maximum Gasteiger partial charge on any atom is 0.227 e. The average molecular weight is 238 g/mol. The molecule has 2 rings (SSSR count). The second-order valence-corrected chi connectivity index (χ2v) is 5.87. The van der Waals surface area contributed by atoms with E-state index < -0.39 is 0 Å². The van der Waals surface area contributed by atoms with Crippen LogP contribution in [0.2, 0.25) is 0 Å². The molecule has 17 heavy (non-hydrogen) atoms. The molecule has 0 spiro atoms. The molecule has 0 aromatic rings. The topological polar surface area (TPSA) is 55.1 Å². The van der Waals surface area contributed by atoms with Gasteiger partial charge in [-0.25, -0.2) is 0 Å². The van der Waals surface area contributed by atoms with Gasteiger partial charge in [0.2, 0.25) is 5.91 Å². The molecule has 0 radical (unpaired) electrons. The molecular formula is C14H26N2O. The molecule has 2 fully saturated rings. The second kappa shape index (κ2) is 5.38. The lowest BCUT2D eigenvalue weighted by molar-refractivity contribution is -0.136. The number of carbonyl (C=O) groups is 1. The van der Waals surface area contributed by atoms with E-state index in [2.05, 4.69) is 12.2 Å². The quantitative estimate of drug-likeness (QED) is 0.789. The van der Waals surface area contributed by atoms with Gasteiger partial charge in [0.25, 0.3) is 0 Å². The Kier molecular flexibility index (Phi) is 4.08. The Labute approximate surface area is 105 Å². The molecular weight excluding hydrogens is 212 g/mol. The fourth-order valence-electron chi connectivity index (χ4n) is 3.34. The summed E-state index contributed by atoms with van der Waals surface area (Å²) in [4.78, 5) is 12.3. The van der Waals surface area contributed by atoms with Crippen LogP contribution in [-0.2, 0) is 4.79 Å². The normalized spacial score (nSPS) is 31.6. The van der Waals surface area contributed by atoms with Crippen molar-refractivity contribution in [2.24, 2.45) is 17.1 Å². The number of hydrogen-bond donors (Lipinski definition) is 2. The van der Waals surface area contributed by atoms with E-state index in [-0.39, 0.29) is 11.3 Å². The SMILES string of the molecule is CCC1CCCCC1NC(=O)C1(CN)CCC1. The van der Waals surface area contributed by atoms with Crippen molar-refractivity contribution in [3.05, 3.63) is 0 Å². The van der Waals surface area contributed by atoms with Crippen LogP contribution in [0.4, 0.5) is 0 Å². The van der Waals surface area contributed by atoms with Crippen molar-refractivity contribution >= 4 is 5.91 Å². The van der Waals surface area contributed by atoms with Gasteiger partial charge in [0, 0.05) is 12.6 Å². The van der Waals surface area contributed by atoms with E-state index in [1.807, 2.05) is 0 Å². The Morgan fingerprint density at radius 1 is 1.29 bits per heavy atom. The Morgan fingerprint density at radius 2 is 2.00 bits per heavy atom. The molecule has 0 aromatic heterocycles. The smallest absolute Gasteiger partial charge is 0.227 e. The summed E-state index contributed by atoms with van der Waals surface area (Å²) < 4.78 is 0. The van der Waals surface area contributed by atoms with Gasteiger partial charge in [-0.1, -0.05) is 32.6 Å². The van der Waals surface area contributed by atoms with E-state index in [0.717, 1.165) is 25.7 Å². The van der Waals surface area contributed by atoms with Crippen LogP contribution in [0.15, 0.2) is 0 Å². The molecule has 0 aliphatic heterocycles. The van der Waals surface area contributed by atoms with E-state index in [0.29, 0.717) is 18.5 Å². The minimum Gasteiger partial charge on any atom is -0.353 e. The van der Waals surface area contributed by atoms with Gasteiger partial charge >= 0.3 is 0 Å². The second-order valence-electron chi connectivity index (χ2n) is 5.87. The third-order valence-electron chi connectivity index (χ3n) is 4.93. The van der Waals surface area contributed by atoms with Crippen LogP contribution in [0.3, 0.4) is 0 Å². The van der Waals surface area contributed by atoms with Crippen LogP contribution in [0, 0.1) is 11.3 Å². The minimum absolute atomic E-state index is 0.213. The molecule has 98 valence electrons. The highest BCUT2D eigenvalue weighted by Crippen LogP contribution is 2.40. The highest BCUT2D eigenvalue weighted by atomic mass is 16.2. The van der Waals surface area contributed by atoms with Crippen LogP contribution in [-0.4, -0.2) is 18.5 Å². The van der Waals surface area contributed by atoms with Crippen LogP contribution in [0.1, 0.15) is 58.3 Å². The third-order valence-corrected chi connectivity index (χ3v) is 4.93. The lowest BCUT2D eigenvalue weighted by Crippen LogP contribution is -2.54. The number of amides is 1. The number of hydrogen-bond acceptors (Lipinski definition) is 2. The molecule has 3 N–H and O–H groups in total. The third kappa shape index (κ3) is 2.49. The zero-order valence-corrected chi connectivity index (χ0v) is 11.0. The predicted octanol–water partition coefficient (Wildman–Crippen LogP) is 2.20. The van der Waals surface area contributed by atoms with Crippen molar-refractivity contribution in [1.82, 2.24) is 5.32 Å². The highest BCUT2D eigenvalue weighted by Gasteiger charge is 2.43. The first-order chi connectivity index (χ1) is 8.22. The molecule has 0 heterocycles. The Hall–Kier alpha value is -0.570. The molecule has 0 saturated heterocycles. The molecule has 1 amide bonds. The fourth-order valence-corrected chi connectivity index (χ4v) is 3.34. The van der Waals surface area contributed by atoms with E-state index in [4.69, 9.17) is 5.73 Å². The summed E-state index contributed by atoms with van der Waals surface area (Å²) in [6.45, 7) is 2.75. The van der Waals surface area contributed by atoms with Crippen LogP contribution < -0.4 is 11.1 Å².